The van der Waals surface area contributed by atoms with Gasteiger partial charge in [-0.15, -0.1) is 0 Å². The second-order valence-electron chi connectivity index (χ2n) is 3.62. The highest BCUT2D eigenvalue weighted by Gasteiger charge is 2.31. The van der Waals surface area contributed by atoms with Crippen LogP contribution in [0.3, 0.4) is 0 Å². The normalized spacial score (nSPS) is 10.9. The highest BCUT2D eigenvalue weighted by atomic mass is 32.2. The van der Waals surface area contributed by atoms with Gasteiger partial charge in [0.2, 0.25) is 0 Å². The van der Waals surface area contributed by atoms with Gasteiger partial charge in [-0.3, -0.25) is 4.79 Å². The van der Waals surface area contributed by atoms with Gasteiger partial charge in [-0.05, 0) is 30.8 Å². The fraction of sp³-hybridized carbons (Fsp3) is 0.333. The molecule has 0 amide bonds. The molecule has 0 radical (unpaired) electrons. The van der Waals surface area contributed by atoms with E-state index < -0.39 is 33.9 Å². The van der Waals surface area contributed by atoms with E-state index in [0.717, 1.165) is 12.1 Å². The Morgan fingerprint density at radius 3 is 2.65 bits per heavy atom. The summed E-state index contributed by atoms with van der Waals surface area (Å²) in [6, 6.07) is 3.49. The second kappa shape index (κ2) is 6.52. The van der Waals surface area contributed by atoms with Crippen molar-refractivity contribution in [3.05, 3.63) is 23.3 Å². The van der Waals surface area contributed by atoms with E-state index in [1.165, 1.54) is 0 Å². The number of esters is 1. The van der Waals surface area contributed by atoms with Crippen LogP contribution < -0.4 is 0 Å². The molecule has 0 saturated carbocycles. The van der Waals surface area contributed by atoms with E-state index in [0.29, 0.717) is 0 Å². The molecule has 0 unspecified atom stereocenters. The van der Waals surface area contributed by atoms with Crippen LogP contribution in [0.4, 0.5) is 13.2 Å². The Kier molecular flexibility index (Phi) is 5.27. The van der Waals surface area contributed by atoms with Crippen molar-refractivity contribution in [1.82, 2.24) is 0 Å². The third kappa shape index (κ3) is 4.66. The first kappa shape index (κ1) is 16.2. The van der Waals surface area contributed by atoms with E-state index in [2.05, 4.69) is 4.74 Å². The number of ether oxygens (including phenoxy) is 1. The Labute approximate surface area is 117 Å². The molecule has 0 heterocycles. The third-order valence-corrected chi connectivity index (χ3v) is 2.96. The van der Waals surface area contributed by atoms with Crippen LogP contribution in [0.2, 0.25) is 0 Å². The van der Waals surface area contributed by atoms with Gasteiger partial charge in [0.1, 0.15) is 11.8 Å². The van der Waals surface area contributed by atoms with Crippen LogP contribution in [0.15, 0.2) is 17.0 Å². The number of alkyl halides is 3. The molecule has 1 N–H and O–H groups in total. The number of nitrogens with zero attached hydrogens (tertiary/aromatic N) is 1. The summed E-state index contributed by atoms with van der Waals surface area (Å²) >= 11 is -0.495. The second-order valence-corrected chi connectivity index (χ2v) is 4.73. The van der Waals surface area contributed by atoms with E-state index in [1.54, 1.807) is 13.0 Å². The van der Waals surface area contributed by atoms with Crippen LogP contribution in [0.5, 0.6) is 5.75 Å². The first-order chi connectivity index (χ1) is 9.26. The Balaban J connectivity index is 3.08. The fourth-order valence-corrected chi connectivity index (χ4v) is 2.05. The molecule has 0 aliphatic carbocycles. The minimum absolute atomic E-state index is 0.0477. The Morgan fingerprint density at radius 1 is 1.50 bits per heavy atom. The summed E-state index contributed by atoms with van der Waals surface area (Å²) in [4.78, 5) is 10.9. The predicted molar refractivity (Wildman–Crippen MR) is 65.1 cm³/mol. The molecule has 108 valence electrons. The number of phenolic OH excluding ortho intramolecular Hbond substituents is 1. The summed E-state index contributed by atoms with van der Waals surface area (Å²) in [6.07, 6.45) is -0.314. The van der Waals surface area contributed by atoms with Gasteiger partial charge in [-0.25, -0.2) is 0 Å². The molecule has 0 atom stereocenters. The maximum absolute atomic E-state index is 12.3. The summed E-state index contributed by atoms with van der Waals surface area (Å²) in [5, 5.41) is 18.5. The van der Waals surface area contributed by atoms with Crippen molar-refractivity contribution in [3.63, 3.8) is 0 Å². The quantitative estimate of drug-likeness (QED) is 0.684. The first-order valence-corrected chi connectivity index (χ1v) is 6.25. The van der Waals surface area contributed by atoms with Crippen molar-refractivity contribution >= 4 is 17.7 Å². The standard InChI is InChI=1S/C12H10F3NO3S/c1-2-19-11(18)4-7-3-8(6-16)10(5-9(7)17)20-12(13,14)15/h3,5,17H,2,4H2,1H3. The van der Waals surface area contributed by atoms with Crippen LogP contribution in [0, 0.1) is 11.3 Å². The Hall–Kier alpha value is -1.88. The zero-order valence-electron chi connectivity index (χ0n) is 10.3. The van der Waals surface area contributed by atoms with Crippen molar-refractivity contribution in [1.29, 1.82) is 5.26 Å². The van der Waals surface area contributed by atoms with Gasteiger partial charge in [-0.2, -0.15) is 18.4 Å². The monoisotopic (exact) mass is 305 g/mol. The molecule has 1 aromatic rings. The molecule has 4 nitrogen and oxygen atoms in total. The van der Waals surface area contributed by atoms with Crippen LogP contribution in [0.1, 0.15) is 18.1 Å². The van der Waals surface area contributed by atoms with Crippen LogP contribution in [0.25, 0.3) is 0 Å². The maximum Gasteiger partial charge on any atom is 0.446 e. The summed E-state index contributed by atoms with van der Waals surface area (Å²) < 4.78 is 41.6. The molecule has 0 fully saturated rings. The SMILES string of the molecule is CCOC(=O)Cc1cc(C#N)c(SC(F)(F)F)cc1O. The van der Waals surface area contributed by atoms with Crippen molar-refractivity contribution < 1.29 is 27.8 Å². The molecule has 0 aliphatic rings. The van der Waals surface area contributed by atoms with E-state index >= 15 is 0 Å². The molecule has 0 aliphatic heterocycles. The van der Waals surface area contributed by atoms with Crippen LogP contribution in [-0.2, 0) is 16.0 Å². The number of carbonyl (C=O) groups excluding carboxylic acids is 1. The molecule has 1 rings (SSSR count). The summed E-state index contributed by atoms with van der Waals surface area (Å²) in [7, 11) is 0. The highest BCUT2D eigenvalue weighted by molar-refractivity contribution is 8.00. The zero-order chi connectivity index (χ0) is 15.3. The minimum atomic E-state index is -4.57. The number of carbonyl (C=O) groups is 1. The number of nitriles is 1. The molecule has 0 saturated heterocycles. The topological polar surface area (TPSA) is 70.3 Å². The average molecular weight is 305 g/mol. The van der Waals surface area contributed by atoms with Gasteiger partial charge in [0.15, 0.2) is 0 Å². The lowest BCUT2D eigenvalue weighted by Gasteiger charge is -2.10. The van der Waals surface area contributed by atoms with Crippen LogP contribution >= 0.6 is 11.8 Å². The molecular weight excluding hydrogens is 295 g/mol. The van der Waals surface area contributed by atoms with Gasteiger partial charge < -0.3 is 9.84 Å². The summed E-state index contributed by atoms with van der Waals surface area (Å²) in [5.41, 5.74) is -4.78. The largest absolute Gasteiger partial charge is 0.508 e. The summed E-state index contributed by atoms with van der Waals surface area (Å²) in [5.74, 6) is -1.12. The van der Waals surface area contributed by atoms with Crippen molar-refractivity contribution in [2.24, 2.45) is 0 Å². The molecule has 0 bridgehead atoms. The first-order valence-electron chi connectivity index (χ1n) is 5.44. The number of thioether (sulfide) groups is 1. The number of rotatable bonds is 4. The highest BCUT2D eigenvalue weighted by Crippen LogP contribution is 2.40. The lowest BCUT2D eigenvalue weighted by atomic mass is 10.1. The van der Waals surface area contributed by atoms with Crippen molar-refractivity contribution in [3.8, 4) is 11.8 Å². The number of halogens is 3. The Bertz CT molecular complexity index is 552. The number of hydrogen-bond acceptors (Lipinski definition) is 5. The predicted octanol–water partition coefficient (Wildman–Crippen LogP) is 2.98. The van der Waals surface area contributed by atoms with E-state index in [1.807, 2.05) is 0 Å². The van der Waals surface area contributed by atoms with E-state index in [-0.39, 0.29) is 24.2 Å². The van der Waals surface area contributed by atoms with E-state index in [9.17, 15) is 23.1 Å². The third-order valence-electron chi connectivity index (χ3n) is 2.17. The molecule has 8 heteroatoms. The Morgan fingerprint density at radius 2 is 2.15 bits per heavy atom. The van der Waals surface area contributed by atoms with Gasteiger partial charge in [0, 0.05) is 10.5 Å². The number of benzene rings is 1. The van der Waals surface area contributed by atoms with Gasteiger partial charge in [0.05, 0.1) is 18.6 Å². The van der Waals surface area contributed by atoms with Crippen molar-refractivity contribution in [2.75, 3.05) is 6.61 Å². The molecule has 20 heavy (non-hydrogen) atoms. The molecule has 0 spiro atoms. The lowest BCUT2D eigenvalue weighted by Crippen LogP contribution is -2.08. The summed E-state index contributed by atoms with van der Waals surface area (Å²) in [6.45, 7) is 1.74. The maximum atomic E-state index is 12.3. The molecule has 1 aromatic carbocycles. The van der Waals surface area contributed by atoms with Gasteiger partial charge in [-0.1, -0.05) is 0 Å². The smallest absolute Gasteiger partial charge is 0.446 e. The number of phenols is 1. The van der Waals surface area contributed by atoms with Gasteiger partial charge >= 0.3 is 11.5 Å². The van der Waals surface area contributed by atoms with Crippen LogP contribution in [-0.4, -0.2) is 23.2 Å². The average Bonchev–Trinajstić information content (AvgIpc) is 2.31. The number of aromatic hydroxyl groups is 1. The fourth-order valence-electron chi connectivity index (χ4n) is 1.42. The zero-order valence-corrected chi connectivity index (χ0v) is 11.1. The molecule has 0 aromatic heterocycles. The minimum Gasteiger partial charge on any atom is -0.508 e. The molecular formula is C12H10F3NO3S. The number of hydrogen-bond donors (Lipinski definition) is 1. The van der Waals surface area contributed by atoms with E-state index in [4.69, 9.17) is 5.26 Å². The lowest BCUT2D eigenvalue weighted by molar-refractivity contribution is -0.142. The van der Waals surface area contributed by atoms with Crippen molar-refractivity contribution in [2.45, 2.75) is 23.7 Å². The van der Waals surface area contributed by atoms with Gasteiger partial charge in [0.25, 0.3) is 0 Å².